The van der Waals surface area contributed by atoms with Crippen molar-refractivity contribution in [1.29, 1.82) is 0 Å². The van der Waals surface area contributed by atoms with E-state index in [-0.39, 0.29) is 11.9 Å². The molecule has 1 fully saturated rings. The SMILES string of the molecule is CCn1nc(CN2CCCC(NC(=O)CCn3cccn3)C2)c2c1CCOC2. The number of aryl methyl sites for hydroxylation is 2. The molecule has 1 amide bonds. The fourth-order valence-electron chi connectivity index (χ4n) is 4.24. The summed E-state index contributed by atoms with van der Waals surface area (Å²) in [6, 6.07) is 2.08. The van der Waals surface area contributed by atoms with Crippen LogP contribution >= 0.6 is 0 Å². The van der Waals surface area contributed by atoms with E-state index in [1.165, 1.54) is 11.3 Å². The van der Waals surface area contributed by atoms with Crippen LogP contribution in [0.1, 0.15) is 43.1 Å². The Labute approximate surface area is 165 Å². The summed E-state index contributed by atoms with van der Waals surface area (Å²) < 4.78 is 9.60. The Morgan fingerprint density at radius 2 is 2.36 bits per heavy atom. The molecule has 1 unspecified atom stereocenters. The Hall–Kier alpha value is -2.19. The van der Waals surface area contributed by atoms with Gasteiger partial charge in [0.15, 0.2) is 0 Å². The fourth-order valence-corrected chi connectivity index (χ4v) is 4.24. The van der Waals surface area contributed by atoms with Gasteiger partial charge in [0.2, 0.25) is 5.91 Å². The van der Waals surface area contributed by atoms with Crippen molar-refractivity contribution in [3.63, 3.8) is 0 Å². The summed E-state index contributed by atoms with van der Waals surface area (Å²) in [5.41, 5.74) is 3.75. The summed E-state index contributed by atoms with van der Waals surface area (Å²) >= 11 is 0. The number of ether oxygens (including phenoxy) is 1. The number of fused-ring (bicyclic) bond motifs is 1. The van der Waals surface area contributed by atoms with Gasteiger partial charge in [-0.15, -0.1) is 0 Å². The van der Waals surface area contributed by atoms with Crippen LogP contribution in [0.2, 0.25) is 0 Å². The van der Waals surface area contributed by atoms with Crippen molar-refractivity contribution >= 4 is 5.91 Å². The van der Waals surface area contributed by atoms with Crippen molar-refractivity contribution in [2.24, 2.45) is 0 Å². The molecule has 152 valence electrons. The Bertz CT molecular complexity index is 785. The largest absolute Gasteiger partial charge is 0.376 e. The Balaban J connectivity index is 1.31. The second-order valence-electron chi connectivity index (χ2n) is 7.65. The molecule has 1 saturated heterocycles. The Kier molecular flexibility index (Phi) is 6.07. The van der Waals surface area contributed by atoms with E-state index in [1.807, 2.05) is 12.3 Å². The number of piperidine rings is 1. The minimum Gasteiger partial charge on any atom is -0.376 e. The molecule has 4 rings (SSSR count). The van der Waals surface area contributed by atoms with E-state index in [0.29, 0.717) is 19.6 Å². The van der Waals surface area contributed by atoms with E-state index in [0.717, 1.165) is 57.7 Å². The van der Waals surface area contributed by atoms with Crippen molar-refractivity contribution in [2.75, 3.05) is 19.7 Å². The first kappa shape index (κ1) is 19.1. The summed E-state index contributed by atoms with van der Waals surface area (Å²) in [6.07, 6.45) is 7.16. The number of aromatic nitrogens is 4. The highest BCUT2D eigenvalue weighted by atomic mass is 16.5. The van der Waals surface area contributed by atoms with E-state index in [2.05, 4.69) is 26.9 Å². The molecule has 2 aliphatic heterocycles. The smallest absolute Gasteiger partial charge is 0.222 e. The number of hydrogen-bond donors (Lipinski definition) is 1. The molecule has 0 spiro atoms. The zero-order chi connectivity index (χ0) is 19.3. The molecule has 0 saturated carbocycles. The topological polar surface area (TPSA) is 77.2 Å². The van der Waals surface area contributed by atoms with Crippen molar-refractivity contribution in [2.45, 2.75) is 64.9 Å². The van der Waals surface area contributed by atoms with Crippen LogP contribution < -0.4 is 5.32 Å². The van der Waals surface area contributed by atoms with E-state index >= 15 is 0 Å². The van der Waals surface area contributed by atoms with Gasteiger partial charge in [0.05, 0.1) is 18.9 Å². The lowest BCUT2D eigenvalue weighted by Crippen LogP contribution is -2.47. The zero-order valence-electron chi connectivity index (χ0n) is 16.6. The van der Waals surface area contributed by atoms with E-state index in [9.17, 15) is 4.79 Å². The van der Waals surface area contributed by atoms with Crippen LogP contribution in [0.15, 0.2) is 18.5 Å². The Morgan fingerprint density at radius 3 is 3.18 bits per heavy atom. The summed E-state index contributed by atoms with van der Waals surface area (Å²) in [6.45, 7) is 7.88. The Morgan fingerprint density at radius 1 is 1.43 bits per heavy atom. The maximum Gasteiger partial charge on any atom is 0.222 e. The normalized spacial score (nSPS) is 20.1. The number of nitrogens with one attached hydrogen (secondary N) is 1. The van der Waals surface area contributed by atoms with Gasteiger partial charge in [-0.25, -0.2) is 0 Å². The van der Waals surface area contributed by atoms with Crippen LogP contribution in [0.3, 0.4) is 0 Å². The number of amides is 1. The first-order valence-electron chi connectivity index (χ1n) is 10.4. The second kappa shape index (κ2) is 8.87. The number of likely N-dealkylation sites (tertiary alicyclic amines) is 1. The van der Waals surface area contributed by atoms with Crippen molar-refractivity contribution in [3.8, 4) is 0 Å². The van der Waals surface area contributed by atoms with Crippen LogP contribution in [0.5, 0.6) is 0 Å². The molecule has 0 aliphatic carbocycles. The molecule has 2 aromatic heterocycles. The highest BCUT2D eigenvalue weighted by Crippen LogP contribution is 2.23. The molecular weight excluding hydrogens is 356 g/mol. The molecular formula is C20H30N6O2. The molecule has 0 radical (unpaired) electrons. The summed E-state index contributed by atoms with van der Waals surface area (Å²) in [5, 5.41) is 12.2. The number of nitrogens with zero attached hydrogens (tertiary/aromatic N) is 5. The monoisotopic (exact) mass is 386 g/mol. The average Bonchev–Trinajstić information content (AvgIpc) is 3.35. The molecule has 0 aromatic carbocycles. The fraction of sp³-hybridized carbons (Fsp3) is 0.650. The molecule has 28 heavy (non-hydrogen) atoms. The van der Waals surface area contributed by atoms with E-state index in [1.54, 1.807) is 10.9 Å². The third-order valence-corrected chi connectivity index (χ3v) is 5.65. The average molecular weight is 387 g/mol. The maximum atomic E-state index is 12.3. The van der Waals surface area contributed by atoms with Gasteiger partial charge in [-0.05, 0) is 32.4 Å². The van der Waals surface area contributed by atoms with Crippen LogP contribution in [-0.4, -0.2) is 56.1 Å². The quantitative estimate of drug-likeness (QED) is 0.777. The second-order valence-corrected chi connectivity index (χ2v) is 7.65. The predicted molar refractivity (Wildman–Crippen MR) is 105 cm³/mol. The minimum atomic E-state index is 0.100. The number of carbonyl (C=O) groups is 1. The summed E-state index contributed by atoms with van der Waals surface area (Å²) in [4.78, 5) is 14.7. The maximum absolute atomic E-state index is 12.3. The molecule has 2 aromatic rings. The van der Waals surface area contributed by atoms with Crippen LogP contribution in [-0.2, 0) is 42.2 Å². The van der Waals surface area contributed by atoms with Gasteiger partial charge in [0.25, 0.3) is 0 Å². The van der Waals surface area contributed by atoms with E-state index < -0.39 is 0 Å². The van der Waals surface area contributed by atoms with Gasteiger partial charge in [0, 0.05) is 68.7 Å². The van der Waals surface area contributed by atoms with Gasteiger partial charge in [-0.1, -0.05) is 0 Å². The summed E-state index contributed by atoms with van der Waals surface area (Å²) in [5.74, 6) is 0.100. The molecule has 1 atom stereocenters. The van der Waals surface area contributed by atoms with Gasteiger partial charge >= 0.3 is 0 Å². The molecule has 4 heterocycles. The van der Waals surface area contributed by atoms with Gasteiger partial charge < -0.3 is 10.1 Å². The highest BCUT2D eigenvalue weighted by molar-refractivity contribution is 5.76. The number of rotatable bonds is 7. The van der Waals surface area contributed by atoms with Crippen LogP contribution in [0.25, 0.3) is 0 Å². The summed E-state index contributed by atoms with van der Waals surface area (Å²) in [7, 11) is 0. The zero-order valence-corrected chi connectivity index (χ0v) is 16.6. The van der Waals surface area contributed by atoms with Gasteiger partial charge in [-0.3, -0.25) is 19.1 Å². The first-order chi connectivity index (χ1) is 13.7. The molecule has 2 aliphatic rings. The van der Waals surface area contributed by atoms with Crippen molar-refractivity contribution in [3.05, 3.63) is 35.4 Å². The lowest BCUT2D eigenvalue weighted by atomic mass is 10.0. The van der Waals surface area contributed by atoms with Crippen LogP contribution in [0.4, 0.5) is 0 Å². The van der Waals surface area contributed by atoms with Crippen molar-refractivity contribution in [1.82, 2.24) is 29.8 Å². The molecule has 8 nitrogen and oxygen atoms in total. The number of carbonyl (C=O) groups excluding carboxylic acids is 1. The van der Waals surface area contributed by atoms with Gasteiger partial charge in [-0.2, -0.15) is 10.2 Å². The molecule has 8 heteroatoms. The predicted octanol–water partition coefficient (Wildman–Crippen LogP) is 1.34. The lowest BCUT2D eigenvalue weighted by Gasteiger charge is -2.33. The third-order valence-electron chi connectivity index (χ3n) is 5.65. The molecule has 0 bridgehead atoms. The number of hydrogen-bond acceptors (Lipinski definition) is 5. The first-order valence-corrected chi connectivity index (χ1v) is 10.4. The van der Waals surface area contributed by atoms with E-state index in [4.69, 9.17) is 9.84 Å². The third kappa shape index (κ3) is 4.44. The van der Waals surface area contributed by atoms with Crippen LogP contribution in [0, 0.1) is 0 Å². The standard InChI is InChI=1S/C20H30N6O2/c1-2-26-19-7-12-28-15-17(19)18(23-26)14-24-9-3-5-16(13-24)22-20(27)6-11-25-10-4-8-21-25/h4,8,10,16H,2-3,5-7,9,11-15H2,1H3,(H,22,27). The van der Waals surface area contributed by atoms with Crippen molar-refractivity contribution < 1.29 is 9.53 Å². The molecule has 1 N–H and O–H groups in total. The highest BCUT2D eigenvalue weighted by Gasteiger charge is 2.25. The minimum absolute atomic E-state index is 0.100. The van der Waals surface area contributed by atoms with Gasteiger partial charge in [0.1, 0.15) is 0 Å². The lowest BCUT2D eigenvalue weighted by molar-refractivity contribution is -0.122.